The molecule has 0 unspecified atom stereocenters. The molecule has 0 fully saturated rings. The van der Waals surface area contributed by atoms with Crippen molar-refractivity contribution in [2.45, 2.75) is 26.8 Å². The molecule has 0 saturated heterocycles. The van der Waals surface area contributed by atoms with Crippen LogP contribution in [0.1, 0.15) is 49.8 Å². The standard InChI is InChI=1S/C27H32N6O5S/c1-6-38-20(34)14-30-26(36)23(17-10-12-18(13-11-17)32(4)5)33(19-9-7-8-15(2)16(19)3)27(37)24-21(28)22(25(29)35)31-39-24/h7-13,23H,6,14,28H2,1-5H3,(H2,29,35)(H,30,36)/t23-/m0/s1. The summed E-state index contributed by atoms with van der Waals surface area (Å²) >= 11 is 0.722. The second kappa shape index (κ2) is 12.4. The van der Waals surface area contributed by atoms with Gasteiger partial charge in [-0.1, -0.05) is 24.3 Å². The molecule has 3 amide bonds. The Balaban J connectivity index is 2.22. The Hall–Kier alpha value is -4.45. The Bertz CT molecular complexity index is 1390. The first-order valence-corrected chi connectivity index (χ1v) is 12.9. The van der Waals surface area contributed by atoms with Crippen LogP contribution in [0.3, 0.4) is 0 Å². The van der Waals surface area contributed by atoms with Gasteiger partial charge in [0.1, 0.15) is 17.5 Å². The molecule has 39 heavy (non-hydrogen) atoms. The summed E-state index contributed by atoms with van der Waals surface area (Å²) in [5.41, 5.74) is 14.6. The first-order chi connectivity index (χ1) is 18.5. The first-order valence-electron chi connectivity index (χ1n) is 12.1. The molecule has 0 saturated carbocycles. The summed E-state index contributed by atoms with van der Waals surface area (Å²) in [6.07, 6.45) is 0. The van der Waals surface area contributed by atoms with Gasteiger partial charge in [-0.15, -0.1) is 0 Å². The number of rotatable bonds is 10. The molecule has 0 radical (unpaired) electrons. The lowest BCUT2D eigenvalue weighted by Crippen LogP contribution is -2.45. The van der Waals surface area contributed by atoms with E-state index in [1.54, 1.807) is 31.2 Å². The number of anilines is 3. The zero-order valence-corrected chi connectivity index (χ0v) is 23.3. The molecule has 1 heterocycles. The molecule has 1 aromatic heterocycles. The number of hydrogen-bond donors (Lipinski definition) is 3. The molecule has 0 aliphatic carbocycles. The SMILES string of the molecule is CCOC(=O)CNC(=O)[C@H](c1ccc(N(C)C)cc1)N(C(=O)c1snc(C(N)=O)c1N)c1cccc(C)c1C. The number of nitrogen functional groups attached to an aromatic ring is 1. The van der Waals surface area contributed by atoms with Crippen LogP contribution in [0.5, 0.6) is 0 Å². The summed E-state index contributed by atoms with van der Waals surface area (Å²) in [7, 11) is 3.76. The van der Waals surface area contributed by atoms with E-state index in [2.05, 4.69) is 9.69 Å². The minimum Gasteiger partial charge on any atom is -0.465 e. The minimum absolute atomic E-state index is 0.0437. The lowest BCUT2D eigenvalue weighted by atomic mass is 9.99. The van der Waals surface area contributed by atoms with Gasteiger partial charge in [0.25, 0.3) is 11.8 Å². The van der Waals surface area contributed by atoms with E-state index < -0.39 is 29.7 Å². The largest absolute Gasteiger partial charge is 0.465 e. The zero-order valence-electron chi connectivity index (χ0n) is 22.5. The Morgan fingerprint density at radius 1 is 1.08 bits per heavy atom. The van der Waals surface area contributed by atoms with Crippen molar-refractivity contribution < 1.29 is 23.9 Å². The summed E-state index contributed by atoms with van der Waals surface area (Å²) < 4.78 is 8.92. The molecule has 0 spiro atoms. The molecule has 11 nitrogen and oxygen atoms in total. The summed E-state index contributed by atoms with van der Waals surface area (Å²) in [5, 5.41) is 2.60. The van der Waals surface area contributed by atoms with E-state index in [9.17, 15) is 19.2 Å². The van der Waals surface area contributed by atoms with Gasteiger partial charge in [0.05, 0.1) is 12.3 Å². The van der Waals surface area contributed by atoms with E-state index in [4.69, 9.17) is 16.2 Å². The van der Waals surface area contributed by atoms with E-state index in [0.29, 0.717) is 11.3 Å². The lowest BCUT2D eigenvalue weighted by molar-refractivity contribution is -0.143. The third-order valence-corrected chi connectivity index (χ3v) is 7.00. The molecule has 12 heteroatoms. The van der Waals surface area contributed by atoms with E-state index in [1.165, 1.54) is 4.90 Å². The molecule has 2 aromatic carbocycles. The number of amides is 3. The third kappa shape index (κ3) is 6.34. The predicted molar refractivity (Wildman–Crippen MR) is 151 cm³/mol. The number of nitrogens with one attached hydrogen (secondary N) is 1. The van der Waals surface area contributed by atoms with Gasteiger partial charge in [0, 0.05) is 25.5 Å². The van der Waals surface area contributed by atoms with Crippen LogP contribution in [0.15, 0.2) is 42.5 Å². The maximum Gasteiger partial charge on any atom is 0.325 e. The topological polar surface area (TPSA) is 161 Å². The monoisotopic (exact) mass is 552 g/mol. The van der Waals surface area contributed by atoms with Gasteiger partial charge < -0.3 is 26.4 Å². The number of esters is 1. The van der Waals surface area contributed by atoms with E-state index in [1.807, 2.05) is 51.0 Å². The number of primary amides is 1. The average molecular weight is 553 g/mol. The maximum atomic E-state index is 14.2. The van der Waals surface area contributed by atoms with Crippen LogP contribution in [0.4, 0.5) is 17.1 Å². The van der Waals surface area contributed by atoms with Crippen molar-refractivity contribution in [3.63, 3.8) is 0 Å². The van der Waals surface area contributed by atoms with Crippen LogP contribution in [0.2, 0.25) is 0 Å². The normalized spacial score (nSPS) is 11.4. The Morgan fingerprint density at radius 3 is 2.31 bits per heavy atom. The summed E-state index contributed by atoms with van der Waals surface area (Å²) in [6, 6.07) is 11.3. The summed E-state index contributed by atoms with van der Waals surface area (Å²) in [4.78, 5) is 55.0. The number of hydrogen-bond acceptors (Lipinski definition) is 9. The second-order valence-electron chi connectivity index (χ2n) is 8.94. The van der Waals surface area contributed by atoms with Crippen molar-refractivity contribution in [3.8, 4) is 0 Å². The van der Waals surface area contributed by atoms with E-state index in [-0.39, 0.29) is 29.4 Å². The number of carbonyl (C=O) groups excluding carboxylic acids is 4. The molecular weight excluding hydrogens is 520 g/mol. The molecule has 3 rings (SSSR count). The maximum absolute atomic E-state index is 14.2. The fourth-order valence-electron chi connectivity index (χ4n) is 3.94. The highest BCUT2D eigenvalue weighted by atomic mass is 32.1. The highest BCUT2D eigenvalue weighted by molar-refractivity contribution is 7.09. The second-order valence-corrected chi connectivity index (χ2v) is 9.72. The number of aryl methyl sites for hydroxylation is 1. The lowest BCUT2D eigenvalue weighted by Gasteiger charge is -2.33. The molecule has 3 aromatic rings. The average Bonchev–Trinajstić information content (AvgIpc) is 3.29. The fourth-order valence-corrected chi connectivity index (χ4v) is 4.68. The van der Waals surface area contributed by atoms with Crippen molar-refractivity contribution in [2.24, 2.45) is 5.73 Å². The molecule has 0 aliphatic rings. The molecule has 0 bridgehead atoms. The molecule has 206 valence electrons. The van der Waals surface area contributed by atoms with Gasteiger partial charge in [-0.2, -0.15) is 4.37 Å². The number of carbonyl (C=O) groups is 4. The van der Waals surface area contributed by atoms with Crippen LogP contribution < -0.4 is 26.6 Å². The first kappa shape index (κ1) is 29.1. The number of aromatic nitrogens is 1. The minimum atomic E-state index is -1.22. The van der Waals surface area contributed by atoms with Crippen molar-refractivity contribution >= 4 is 52.3 Å². The highest BCUT2D eigenvalue weighted by Crippen LogP contribution is 2.36. The Labute approximate surface area is 230 Å². The van der Waals surface area contributed by atoms with Gasteiger partial charge in [0.15, 0.2) is 5.69 Å². The summed E-state index contributed by atoms with van der Waals surface area (Å²) in [5.74, 6) is -2.76. The van der Waals surface area contributed by atoms with Crippen molar-refractivity contribution in [2.75, 3.05) is 42.8 Å². The van der Waals surface area contributed by atoms with Gasteiger partial charge in [-0.25, -0.2) is 0 Å². The van der Waals surface area contributed by atoms with Gasteiger partial charge in [-0.05, 0) is 67.2 Å². The fraction of sp³-hybridized carbons (Fsp3) is 0.296. The number of benzene rings is 2. The molecule has 5 N–H and O–H groups in total. The third-order valence-electron chi connectivity index (χ3n) is 6.15. The molecule has 1 atom stereocenters. The van der Waals surface area contributed by atoms with Crippen molar-refractivity contribution in [3.05, 3.63) is 69.7 Å². The molecule has 0 aliphatic heterocycles. The number of nitrogens with two attached hydrogens (primary N) is 2. The van der Waals surface area contributed by atoms with Crippen molar-refractivity contribution in [1.29, 1.82) is 0 Å². The highest BCUT2D eigenvalue weighted by Gasteiger charge is 2.37. The van der Waals surface area contributed by atoms with Crippen LogP contribution in [0.25, 0.3) is 0 Å². The van der Waals surface area contributed by atoms with Crippen LogP contribution in [-0.4, -0.2) is 55.3 Å². The molecular formula is C27H32N6O5S. The number of ether oxygens (including phenoxy) is 1. The number of nitrogens with zero attached hydrogens (tertiary/aromatic N) is 3. The van der Waals surface area contributed by atoms with Crippen molar-refractivity contribution in [1.82, 2.24) is 9.69 Å². The van der Waals surface area contributed by atoms with Gasteiger partial charge >= 0.3 is 5.97 Å². The quantitative estimate of drug-likeness (QED) is 0.323. The van der Waals surface area contributed by atoms with Crippen LogP contribution in [-0.2, 0) is 14.3 Å². The van der Waals surface area contributed by atoms with Gasteiger partial charge in [-0.3, -0.25) is 24.1 Å². The predicted octanol–water partition coefficient (Wildman–Crippen LogP) is 2.57. The Kier molecular flexibility index (Phi) is 9.25. The Morgan fingerprint density at radius 2 is 1.74 bits per heavy atom. The zero-order chi connectivity index (χ0) is 28.9. The summed E-state index contributed by atoms with van der Waals surface area (Å²) in [6.45, 7) is 5.15. The van der Waals surface area contributed by atoms with E-state index in [0.717, 1.165) is 28.3 Å². The smallest absolute Gasteiger partial charge is 0.325 e. The van der Waals surface area contributed by atoms with Crippen LogP contribution in [0, 0.1) is 13.8 Å². The van der Waals surface area contributed by atoms with Gasteiger partial charge in [0.2, 0.25) is 5.91 Å². The van der Waals surface area contributed by atoms with E-state index >= 15 is 0 Å². The van der Waals surface area contributed by atoms with Crippen LogP contribution >= 0.6 is 11.5 Å².